The number of halogens is 1. The van der Waals surface area contributed by atoms with E-state index in [0.717, 1.165) is 57.7 Å². The topological polar surface area (TPSA) is 103 Å². The number of nitrogens with zero attached hydrogens (tertiary/aromatic N) is 3. The summed E-state index contributed by atoms with van der Waals surface area (Å²) in [6.07, 6.45) is 4.89. The lowest BCUT2D eigenvalue weighted by Crippen LogP contribution is -2.41. The molecule has 2 aromatic heterocycles. The molecule has 0 spiro atoms. The number of rotatable bonds is 4. The molecule has 2 saturated heterocycles. The van der Waals surface area contributed by atoms with Gasteiger partial charge >= 0.3 is 0 Å². The molecule has 3 atom stereocenters. The summed E-state index contributed by atoms with van der Waals surface area (Å²) in [4.78, 5) is 42.3. The maximum absolute atomic E-state index is 12.2. The number of carbonyl (C=O) groups excluding carboxylic acids is 2. The lowest BCUT2D eigenvalue weighted by atomic mass is 9.92. The summed E-state index contributed by atoms with van der Waals surface area (Å²) in [6, 6.07) is 8.91. The summed E-state index contributed by atoms with van der Waals surface area (Å²) in [5.74, 6) is 1.18. The molecule has 192 valence electrons. The molecule has 2 N–H and O–H groups in total. The predicted molar refractivity (Wildman–Crippen MR) is 143 cm³/mol. The molecular weight excluding hydrogens is 512 g/mol. The third-order valence-corrected chi connectivity index (χ3v) is 9.20. The van der Waals surface area contributed by atoms with E-state index >= 15 is 0 Å². The molecule has 2 amide bonds. The Kier molecular flexibility index (Phi) is 6.38. The van der Waals surface area contributed by atoms with Gasteiger partial charge in [0, 0.05) is 64.9 Å². The van der Waals surface area contributed by atoms with E-state index in [1.807, 2.05) is 12.3 Å². The van der Waals surface area contributed by atoms with Crippen molar-refractivity contribution in [3.05, 3.63) is 45.9 Å². The van der Waals surface area contributed by atoms with Gasteiger partial charge in [0.15, 0.2) is 0 Å². The van der Waals surface area contributed by atoms with E-state index < -0.39 is 0 Å². The Morgan fingerprint density at radius 2 is 1.97 bits per heavy atom. The first-order valence-electron chi connectivity index (χ1n) is 12.6. The van der Waals surface area contributed by atoms with Crippen LogP contribution in [0, 0.1) is 5.92 Å². The van der Waals surface area contributed by atoms with Crippen LogP contribution in [0.1, 0.15) is 42.0 Å². The SMILES string of the molecule is O=C1CCC(=O)N1Cc1cc2nccc(-c3cc(Cl)cc4c3N([C@@H]3CCNC3)C[C@H]3C[C@@H]43)c2s1.O=CO. The number of nitrogens with one attached hydrogen (secondary N) is 1. The van der Waals surface area contributed by atoms with Crippen LogP contribution in [-0.4, -0.2) is 59.0 Å². The van der Waals surface area contributed by atoms with Gasteiger partial charge in [-0.15, -0.1) is 11.3 Å². The van der Waals surface area contributed by atoms with Crippen molar-refractivity contribution < 1.29 is 19.5 Å². The number of benzene rings is 1. The predicted octanol–water partition coefficient (Wildman–Crippen LogP) is 4.25. The minimum Gasteiger partial charge on any atom is -0.483 e. The Bertz CT molecular complexity index is 1390. The molecule has 5 heterocycles. The Balaban J connectivity index is 0.000000804. The van der Waals surface area contributed by atoms with E-state index in [1.165, 1.54) is 28.1 Å². The Labute approximate surface area is 223 Å². The molecule has 1 aliphatic carbocycles. The number of hydrogen-bond donors (Lipinski definition) is 2. The summed E-state index contributed by atoms with van der Waals surface area (Å²) in [7, 11) is 0. The molecule has 0 unspecified atom stereocenters. The van der Waals surface area contributed by atoms with E-state index in [9.17, 15) is 9.59 Å². The van der Waals surface area contributed by atoms with Crippen molar-refractivity contribution in [2.75, 3.05) is 24.5 Å². The van der Waals surface area contributed by atoms with Crippen molar-refractivity contribution in [1.82, 2.24) is 15.2 Å². The molecule has 7 rings (SSSR count). The van der Waals surface area contributed by atoms with Crippen LogP contribution >= 0.6 is 22.9 Å². The van der Waals surface area contributed by atoms with E-state index in [2.05, 4.69) is 33.4 Å². The summed E-state index contributed by atoms with van der Waals surface area (Å²) in [5, 5.41) is 11.2. The number of aromatic nitrogens is 1. The normalized spacial score (nSPS) is 24.1. The van der Waals surface area contributed by atoms with Crippen molar-refractivity contribution in [1.29, 1.82) is 0 Å². The van der Waals surface area contributed by atoms with Crippen LogP contribution in [0.3, 0.4) is 0 Å². The van der Waals surface area contributed by atoms with Crippen molar-refractivity contribution in [2.45, 2.75) is 44.2 Å². The van der Waals surface area contributed by atoms with Crippen LogP contribution < -0.4 is 10.2 Å². The number of pyridine rings is 1. The first-order chi connectivity index (χ1) is 18.0. The molecule has 3 fully saturated rings. The van der Waals surface area contributed by atoms with Crippen LogP contribution in [0.25, 0.3) is 21.3 Å². The lowest BCUT2D eigenvalue weighted by molar-refractivity contribution is -0.139. The first-order valence-corrected chi connectivity index (χ1v) is 13.8. The van der Waals surface area contributed by atoms with E-state index in [4.69, 9.17) is 21.5 Å². The Morgan fingerprint density at radius 3 is 2.70 bits per heavy atom. The van der Waals surface area contributed by atoms with Crippen LogP contribution in [0.4, 0.5) is 5.69 Å². The van der Waals surface area contributed by atoms with Gasteiger partial charge in [-0.1, -0.05) is 11.6 Å². The van der Waals surface area contributed by atoms with E-state index in [1.54, 1.807) is 11.3 Å². The fraction of sp³-hybridized carbons (Fsp3) is 0.407. The quantitative estimate of drug-likeness (QED) is 0.378. The maximum atomic E-state index is 12.2. The fourth-order valence-electron chi connectivity index (χ4n) is 6.07. The molecule has 37 heavy (non-hydrogen) atoms. The van der Waals surface area contributed by atoms with Crippen molar-refractivity contribution >= 4 is 57.1 Å². The van der Waals surface area contributed by atoms with Crippen LogP contribution in [-0.2, 0) is 20.9 Å². The highest BCUT2D eigenvalue weighted by molar-refractivity contribution is 7.19. The van der Waals surface area contributed by atoms with Crippen molar-refractivity contribution in [3.8, 4) is 11.1 Å². The smallest absolute Gasteiger partial charge is 0.290 e. The van der Waals surface area contributed by atoms with Crippen LogP contribution in [0.5, 0.6) is 0 Å². The lowest BCUT2D eigenvalue weighted by Gasteiger charge is -2.37. The van der Waals surface area contributed by atoms with Crippen molar-refractivity contribution in [2.24, 2.45) is 5.92 Å². The molecule has 1 saturated carbocycles. The molecule has 10 heteroatoms. The number of anilines is 1. The number of hydrogen-bond acceptors (Lipinski definition) is 7. The molecule has 8 nitrogen and oxygen atoms in total. The summed E-state index contributed by atoms with van der Waals surface area (Å²) >= 11 is 8.33. The number of amides is 2. The second-order valence-electron chi connectivity index (χ2n) is 10.1. The van der Waals surface area contributed by atoms with E-state index in [-0.39, 0.29) is 18.3 Å². The van der Waals surface area contributed by atoms with Gasteiger partial charge in [0.25, 0.3) is 6.47 Å². The summed E-state index contributed by atoms with van der Waals surface area (Å²) < 4.78 is 1.09. The molecule has 0 bridgehead atoms. The second-order valence-corrected chi connectivity index (χ2v) is 11.6. The van der Waals surface area contributed by atoms with Crippen LogP contribution in [0.15, 0.2) is 30.5 Å². The number of imide groups is 1. The molecule has 3 aliphatic heterocycles. The van der Waals surface area contributed by atoms with E-state index in [0.29, 0.717) is 31.3 Å². The van der Waals surface area contributed by atoms with Gasteiger partial charge in [-0.2, -0.15) is 0 Å². The van der Waals surface area contributed by atoms with Gasteiger partial charge in [0.2, 0.25) is 11.8 Å². The number of carbonyl (C=O) groups is 3. The molecule has 3 aromatic rings. The standard InChI is InChI=1S/C26H25ClN4O2S.CH2O2/c27-15-8-20(25-21(9-15)19-7-14(19)12-30(25)16-3-5-28-11-16)18-4-6-29-22-10-17(34-26(18)22)13-31-23(32)1-2-24(31)33;2-1-3/h4,6,8-10,14,16,19,28H,1-3,5,7,11-13H2;1H,(H,2,3)/t14-,16-,19-;/m1./s1. The molecular formula is C27H27ClN4O4S. The van der Waals surface area contributed by atoms with Crippen LogP contribution in [0.2, 0.25) is 5.02 Å². The zero-order valence-corrected chi connectivity index (χ0v) is 21.7. The summed E-state index contributed by atoms with van der Waals surface area (Å²) in [6.45, 7) is 3.28. The highest BCUT2D eigenvalue weighted by Gasteiger charge is 2.47. The third kappa shape index (κ3) is 4.39. The van der Waals surface area contributed by atoms with Gasteiger partial charge in [-0.3, -0.25) is 24.3 Å². The maximum Gasteiger partial charge on any atom is 0.290 e. The molecule has 4 aliphatic rings. The highest BCUT2D eigenvalue weighted by Crippen LogP contribution is 2.58. The molecule has 0 radical (unpaired) electrons. The average molecular weight is 539 g/mol. The third-order valence-electron chi connectivity index (χ3n) is 7.84. The number of likely N-dealkylation sites (tertiary alicyclic amines) is 1. The van der Waals surface area contributed by atoms with Gasteiger partial charge in [0.1, 0.15) is 0 Å². The zero-order chi connectivity index (χ0) is 25.7. The summed E-state index contributed by atoms with van der Waals surface area (Å²) in [5.41, 5.74) is 5.94. The fourth-order valence-corrected chi connectivity index (χ4v) is 7.43. The molecule has 1 aromatic carbocycles. The van der Waals surface area contributed by atoms with Gasteiger partial charge in [-0.25, -0.2) is 0 Å². The Hall–Kier alpha value is -3.01. The largest absolute Gasteiger partial charge is 0.483 e. The first kappa shape index (κ1) is 24.3. The van der Waals surface area contributed by atoms with Gasteiger partial charge < -0.3 is 15.3 Å². The van der Waals surface area contributed by atoms with Gasteiger partial charge in [-0.05, 0) is 61.1 Å². The highest BCUT2D eigenvalue weighted by atomic mass is 35.5. The minimum atomic E-state index is -0.250. The van der Waals surface area contributed by atoms with Crippen molar-refractivity contribution in [3.63, 3.8) is 0 Å². The Morgan fingerprint density at radius 1 is 1.19 bits per heavy atom. The zero-order valence-electron chi connectivity index (χ0n) is 20.2. The average Bonchev–Trinajstić information content (AvgIpc) is 3.18. The second kappa shape index (κ2) is 9.70. The number of carboxylic acid groups (broad SMARTS) is 1. The number of thiophene rings is 1. The monoisotopic (exact) mass is 538 g/mol. The van der Waals surface area contributed by atoms with Gasteiger partial charge in [0.05, 0.1) is 16.8 Å². The minimum absolute atomic E-state index is 0.0839. The number of fused-ring (bicyclic) bond motifs is 4.